The number of aryl methyl sites for hydroxylation is 1. The zero-order valence-corrected chi connectivity index (χ0v) is 15.0. The van der Waals surface area contributed by atoms with E-state index in [1.165, 1.54) is 12.8 Å². The molecule has 25 heavy (non-hydrogen) atoms. The summed E-state index contributed by atoms with van der Waals surface area (Å²) in [6, 6.07) is 1.70. The third kappa shape index (κ3) is 5.04. The molecule has 3 rings (SSSR count). The third-order valence-corrected chi connectivity index (χ3v) is 5.11. The molecule has 3 heterocycles. The van der Waals surface area contributed by atoms with Gasteiger partial charge in [-0.15, -0.1) is 0 Å². The van der Waals surface area contributed by atoms with E-state index < -0.39 is 0 Å². The van der Waals surface area contributed by atoms with Crippen LogP contribution in [0.5, 0.6) is 0 Å². The minimum Gasteiger partial charge on any atom is -0.342 e. The van der Waals surface area contributed by atoms with Crippen LogP contribution in [0.4, 0.5) is 5.88 Å². The SMILES string of the molecule is Cc1cc(NC(=O)CN2CCC(C(=O)N3CCCCCC3)CC2)on1. The van der Waals surface area contributed by atoms with Crippen LogP contribution in [0.2, 0.25) is 0 Å². The number of piperidine rings is 1. The lowest BCUT2D eigenvalue weighted by Gasteiger charge is -2.33. The van der Waals surface area contributed by atoms with Crippen LogP contribution in [-0.4, -0.2) is 59.5 Å². The van der Waals surface area contributed by atoms with Gasteiger partial charge in [-0.2, -0.15) is 0 Å². The summed E-state index contributed by atoms with van der Waals surface area (Å²) in [6.07, 6.45) is 6.41. The first kappa shape index (κ1) is 17.9. The molecule has 7 heteroatoms. The zero-order valence-electron chi connectivity index (χ0n) is 15.0. The van der Waals surface area contributed by atoms with Crippen molar-refractivity contribution in [3.63, 3.8) is 0 Å². The van der Waals surface area contributed by atoms with Gasteiger partial charge in [0.1, 0.15) is 0 Å². The first-order valence-corrected chi connectivity index (χ1v) is 9.36. The molecule has 1 N–H and O–H groups in total. The Labute approximate surface area is 148 Å². The Morgan fingerprint density at radius 3 is 2.44 bits per heavy atom. The number of nitrogens with one attached hydrogen (secondary N) is 1. The van der Waals surface area contributed by atoms with Gasteiger partial charge < -0.3 is 9.42 Å². The Kier molecular flexibility index (Phi) is 6.07. The first-order valence-electron chi connectivity index (χ1n) is 9.36. The lowest BCUT2D eigenvalue weighted by molar-refractivity contribution is -0.137. The minimum atomic E-state index is -0.103. The van der Waals surface area contributed by atoms with Gasteiger partial charge >= 0.3 is 0 Å². The van der Waals surface area contributed by atoms with E-state index in [2.05, 4.69) is 20.3 Å². The molecule has 0 radical (unpaired) electrons. The number of likely N-dealkylation sites (tertiary alicyclic amines) is 2. The van der Waals surface area contributed by atoms with E-state index in [9.17, 15) is 9.59 Å². The van der Waals surface area contributed by atoms with Crippen LogP contribution in [0.25, 0.3) is 0 Å². The molecule has 2 amide bonds. The molecular weight excluding hydrogens is 320 g/mol. The average Bonchev–Trinajstić information content (AvgIpc) is 2.85. The zero-order chi connectivity index (χ0) is 17.6. The summed E-state index contributed by atoms with van der Waals surface area (Å²) >= 11 is 0. The van der Waals surface area contributed by atoms with E-state index in [1.54, 1.807) is 6.07 Å². The van der Waals surface area contributed by atoms with Crippen LogP contribution in [0.1, 0.15) is 44.2 Å². The van der Waals surface area contributed by atoms with Crippen LogP contribution < -0.4 is 5.32 Å². The summed E-state index contributed by atoms with van der Waals surface area (Å²) < 4.78 is 5.00. The summed E-state index contributed by atoms with van der Waals surface area (Å²) in [5, 5.41) is 6.47. The van der Waals surface area contributed by atoms with Crippen LogP contribution in [-0.2, 0) is 9.59 Å². The van der Waals surface area contributed by atoms with E-state index in [0.717, 1.165) is 57.6 Å². The van der Waals surface area contributed by atoms with Gasteiger partial charge in [-0.25, -0.2) is 0 Å². The molecule has 138 valence electrons. The number of amides is 2. The smallest absolute Gasteiger partial charge is 0.240 e. The molecule has 0 saturated carbocycles. The summed E-state index contributed by atoms with van der Waals surface area (Å²) in [5.41, 5.74) is 0.739. The van der Waals surface area contributed by atoms with Crippen molar-refractivity contribution in [3.8, 4) is 0 Å². The Morgan fingerprint density at radius 1 is 1.16 bits per heavy atom. The molecule has 2 saturated heterocycles. The molecule has 7 nitrogen and oxygen atoms in total. The van der Waals surface area contributed by atoms with E-state index in [4.69, 9.17) is 4.52 Å². The maximum atomic E-state index is 12.7. The fourth-order valence-electron chi connectivity index (χ4n) is 3.69. The molecule has 0 aromatic carbocycles. The molecule has 1 aromatic rings. The van der Waals surface area contributed by atoms with Gasteiger partial charge in [-0.05, 0) is 45.7 Å². The lowest BCUT2D eigenvalue weighted by Crippen LogP contribution is -2.44. The highest BCUT2D eigenvalue weighted by Crippen LogP contribution is 2.21. The predicted octanol–water partition coefficient (Wildman–Crippen LogP) is 2.04. The monoisotopic (exact) mass is 348 g/mol. The second-order valence-electron chi connectivity index (χ2n) is 7.17. The van der Waals surface area contributed by atoms with Crippen LogP contribution in [0.3, 0.4) is 0 Å². The number of carbonyl (C=O) groups is 2. The molecule has 0 unspecified atom stereocenters. The second kappa shape index (κ2) is 8.47. The Balaban J connectivity index is 1.42. The second-order valence-corrected chi connectivity index (χ2v) is 7.17. The standard InChI is InChI=1S/C18H28N4O3/c1-14-12-17(25-20-14)19-16(23)13-21-10-6-15(7-11-21)18(24)22-8-4-2-3-5-9-22/h12,15H,2-11,13H2,1H3,(H,19,23). The molecular formula is C18H28N4O3. The topological polar surface area (TPSA) is 78.7 Å². The van der Waals surface area contributed by atoms with E-state index in [0.29, 0.717) is 18.3 Å². The van der Waals surface area contributed by atoms with Crippen LogP contribution in [0.15, 0.2) is 10.6 Å². The molecule has 0 aliphatic carbocycles. The molecule has 0 bridgehead atoms. The highest BCUT2D eigenvalue weighted by molar-refractivity contribution is 5.91. The number of rotatable bonds is 4. The summed E-state index contributed by atoms with van der Waals surface area (Å²) in [5.74, 6) is 0.722. The molecule has 1 aromatic heterocycles. The summed E-state index contributed by atoms with van der Waals surface area (Å²) in [7, 11) is 0. The van der Waals surface area contributed by atoms with E-state index in [1.807, 2.05) is 6.92 Å². The average molecular weight is 348 g/mol. The highest BCUT2D eigenvalue weighted by Gasteiger charge is 2.29. The van der Waals surface area contributed by atoms with E-state index in [-0.39, 0.29) is 11.8 Å². The van der Waals surface area contributed by atoms with Gasteiger partial charge in [0.15, 0.2) is 0 Å². The van der Waals surface area contributed by atoms with Gasteiger partial charge in [-0.1, -0.05) is 18.0 Å². The minimum absolute atomic E-state index is 0.103. The van der Waals surface area contributed by atoms with Crippen molar-refractivity contribution in [2.45, 2.75) is 45.4 Å². The van der Waals surface area contributed by atoms with Crippen molar-refractivity contribution in [1.29, 1.82) is 0 Å². The highest BCUT2D eigenvalue weighted by atomic mass is 16.5. The fraction of sp³-hybridized carbons (Fsp3) is 0.722. The van der Waals surface area contributed by atoms with Crippen LogP contribution >= 0.6 is 0 Å². The van der Waals surface area contributed by atoms with Gasteiger partial charge in [0, 0.05) is 25.1 Å². The van der Waals surface area contributed by atoms with Crippen LogP contribution in [0, 0.1) is 12.8 Å². The van der Waals surface area contributed by atoms with E-state index >= 15 is 0 Å². The largest absolute Gasteiger partial charge is 0.342 e. The van der Waals surface area contributed by atoms with Crippen molar-refractivity contribution >= 4 is 17.7 Å². The number of carbonyl (C=O) groups excluding carboxylic acids is 2. The first-order chi connectivity index (χ1) is 12.1. The number of aromatic nitrogens is 1. The fourth-order valence-corrected chi connectivity index (χ4v) is 3.69. The van der Waals surface area contributed by atoms with Crippen molar-refractivity contribution < 1.29 is 14.1 Å². The molecule has 2 fully saturated rings. The maximum Gasteiger partial charge on any atom is 0.240 e. The third-order valence-electron chi connectivity index (χ3n) is 5.11. The van der Waals surface area contributed by atoms with Crippen molar-refractivity contribution in [1.82, 2.24) is 15.0 Å². The summed E-state index contributed by atoms with van der Waals surface area (Å²) in [4.78, 5) is 28.9. The van der Waals surface area contributed by atoms with Gasteiger partial charge in [0.05, 0.1) is 12.2 Å². The molecule has 2 aliphatic rings. The Bertz CT molecular complexity index is 585. The molecule has 0 spiro atoms. The number of hydrogen-bond donors (Lipinski definition) is 1. The number of nitrogens with zero attached hydrogens (tertiary/aromatic N) is 3. The number of anilines is 1. The normalized spacial score (nSPS) is 20.3. The quantitative estimate of drug-likeness (QED) is 0.901. The van der Waals surface area contributed by atoms with Gasteiger partial charge in [0.2, 0.25) is 17.7 Å². The van der Waals surface area contributed by atoms with Crippen molar-refractivity contribution in [2.75, 3.05) is 38.0 Å². The number of hydrogen-bond acceptors (Lipinski definition) is 5. The van der Waals surface area contributed by atoms with Gasteiger partial charge in [0.25, 0.3) is 0 Å². The lowest BCUT2D eigenvalue weighted by atomic mass is 9.95. The van der Waals surface area contributed by atoms with Crippen molar-refractivity contribution in [3.05, 3.63) is 11.8 Å². The summed E-state index contributed by atoms with van der Waals surface area (Å²) in [6.45, 7) is 5.53. The molecule has 2 aliphatic heterocycles. The Morgan fingerprint density at radius 2 is 1.84 bits per heavy atom. The maximum absolute atomic E-state index is 12.7. The molecule has 0 atom stereocenters. The predicted molar refractivity (Wildman–Crippen MR) is 94.1 cm³/mol. The van der Waals surface area contributed by atoms with Gasteiger partial charge in [-0.3, -0.25) is 19.8 Å². The Hall–Kier alpha value is -1.89. The van der Waals surface area contributed by atoms with Crippen molar-refractivity contribution in [2.24, 2.45) is 5.92 Å².